The van der Waals surface area contributed by atoms with Crippen molar-refractivity contribution in [2.45, 2.75) is 31.7 Å². The van der Waals surface area contributed by atoms with Gasteiger partial charge in [-0.2, -0.15) is 0 Å². The Morgan fingerprint density at radius 1 is 0.971 bits per heavy atom. The fourth-order valence-corrected chi connectivity index (χ4v) is 5.18. The summed E-state index contributed by atoms with van der Waals surface area (Å²) in [4.78, 5) is 30.3. The van der Waals surface area contributed by atoms with Gasteiger partial charge in [0.05, 0.1) is 5.92 Å². The van der Waals surface area contributed by atoms with Gasteiger partial charge in [0.15, 0.2) is 11.5 Å². The Labute approximate surface area is 201 Å². The number of amides is 2. The van der Waals surface area contributed by atoms with E-state index in [1.807, 2.05) is 42.5 Å². The van der Waals surface area contributed by atoms with Crippen molar-refractivity contribution >= 4 is 11.8 Å². The molecule has 5 rings (SSSR count). The van der Waals surface area contributed by atoms with E-state index in [0.717, 1.165) is 43.1 Å². The van der Waals surface area contributed by atoms with Crippen LogP contribution >= 0.6 is 0 Å². The van der Waals surface area contributed by atoms with Crippen molar-refractivity contribution in [3.05, 3.63) is 59.7 Å². The van der Waals surface area contributed by atoms with Crippen LogP contribution in [0.15, 0.2) is 48.5 Å². The average molecular weight is 464 g/mol. The maximum atomic E-state index is 13.2. The third-order valence-electron chi connectivity index (χ3n) is 6.98. The van der Waals surface area contributed by atoms with E-state index in [1.165, 1.54) is 12.8 Å². The zero-order chi connectivity index (χ0) is 23.3. The number of carbonyl (C=O) groups is 2. The fraction of sp³-hybridized carbons (Fsp3) is 0.481. The smallest absolute Gasteiger partial charge is 0.253 e. The molecule has 2 atom stereocenters. The molecule has 0 aromatic heterocycles. The van der Waals surface area contributed by atoms with E-state index in [4.69, 9.17) is 9.47 Å². The van der Waals surface area contributed by atoms with Gasteiger partial charge >= 0.3 is 0 Å². The molecule has 1 N–H and O–H groups in total. The van der Waals surface area contributed by atoms with Gasteiger partial charge < -0.3 is 24.6 Å². The molecule has 3 heterocycles. The molecular formula is C27H33N3O4. The fourth-order valence-electron chi connectivity index (χ4n) is 5.18. The average Bonchev–Trinajstić information content (AvgIpc) is 3.57. The van der Waals surface area contributed by atoms with Crippen LogP contribution < -0.4 is 14.8 Å². The molecule has 0 bridgehead atoms. The summed E-state index contributed by atoms with van der Waals surface area (Å²) >= 11 is 0. The number of hydrogen-bond acceptors (Lipinski definition) is 5. The monoisotopic (exact) mass is 463 g/mol. The Morgan fingerprint density at radius 3 is 2.53 bits per heavy atom. The van der Waals surface area contributed by atoms with Crippen LogP contribution in [0.4, 0.5) is 0 Å². The van der Waals surface area contributed by atoms with Crippen molar-refractivity contribution < 1.29 is 19.1 Å². The number of nitrogens with zero attached hydrogens (tertiary/aromatic N) is 2. The number of likely N-dealkylation sites (tertiary alicyclic amines) is 2. The van der Waals surface area contributed by atoms with Crippen molar-refractivity contribution in [3.8, 4) is 11.5 Å². The lowest BCUT2D eigenvalue weighted by atomic mass is 10.0. The van der Waals surface area contributed by atoms with Crippen LogP contribution in [0.3, 0.4) is 0 Å². The molecule has 34 heavy (non-hydrogen) atoms. The summed E-state index contributed by atoms with van der Waals surface area (Å²) in [5, 5.41) is 3.32. The minimum Gasteiger partial charge on any atom is -0.486 e. The Hall–Kier alpha value is -3.06. The Balaban J connectivity index is 1.23. The third-order valence-corrected chi connectivity index (χ3v) is 6.98. The lowest BCUT2D eigenvalue weighted by Crippen LogP contribution is -2.47. The van der Waals surface area contributed by atoms with E-state index in [2.05, 4.69) is 16.3 Å². The van der Waals surface area contributed by atoms with Gasteiger partial charge in [-0.1, -0.05) is 24.3 Å². The molecule has 180 valence electrons. The largest absolute Gasteiger partial charge is 0.486 e. The molecule has 2 aromatic rings. The molecule has 0 spiro atoms. The van der Waals surface area contributed by atoms with Crippen molar-refractivity contribution in [2.75, 3.05) is 45.9 Å². The van der Waals surface area contributed by atoms with E-state index >= 15 is 0 Å². The minimum atomic E-state index is -0.172. The molecule has 3 aliphatic rings. The second kappa shape index (κ2) is 10.5. The van der Waals surface area contributed by atoms with Gasteiger partial charge in [0, 0.05) is 31.2 Å². The summed E-state index contributed by atoms with van der Waals surface area (Å²) in [5.74, 6) is 1.44. The van der Waals surface area contributed by atoms with Crippen LogP contribution in [0.2, 0.25) is 0 Å². The number of hydrogen-bond donors (Lipinski definition) is 1. The maximum Gasteiger partial charge on any atom is 0.253 e. The highest BCUT2D eigenvalue weighted by Gasteiger charge is 2.33. The molecule has 0 radical (unpaired) electrons. The molecule has 0 saturated carbocycles. The molecular weight excluding hydrogens is 430 g/mol. The summed E-state index contributed by atoms with van der Waals surface area (Å²) in [7, 11) is 0. The van der Waals surface area contributed by atoms with Crippen LogP contribution in [-0.2, 0) is 11.2 Å². The van der Waals surface area contributed by atoms with E-state index in [-0.39, 0.29) is 23.8 Å². The summed E-state index contributed by atoms with van der Waals surface area (Å²) < 4.78 is 11.4. The lowest BCUT2D eigenvalue weighted by molar-refractivity contribution is -0.125. The van der Waals surface area contributed by atoms with Gasteiger partial charge in [0.1, 0.15) is 13.2 Å². The Kier molecular flexibility index (Phi) is 7.00. The highest BCUT2D eigenvalue weighted by atomic mass is 16.6. The van der Waals surface area contributed by atoms with Crippen LogP contribution in [0.1, 0.15) is 35.2 Å². The van der Waals surface area contributed by atoms with Crippen molar-refractivity contribution in [3.63, 3.8) is 0 Å². The molecule has 0 aliphatic carbocycles. The van der Waals surface area contributed by atoms with Crippen LogP contribution in [-0.4, -0.2) is 73.6 Å². The quantitative estimate of drug-likeness (QED) is 0.684. The topological polar surface area (TPSA) is 71.1 Å². The van der Waals surface area contributed by atoms with Crippen LogP contribution in [0, 0.1) is 5.92 Å². The summed E-state index contributed by atoms with van der Waals surface area (Å²) in [5.41, 5.74) is 1.80. The molecule has 2 saturated heterocycles. The van der Waals surface area contributed by atoms with Gasteiger partial charge in [-0.15, -0.1) is 0 Å². The zero-order valence-electron chi connectivity index (χ0n) is 19.6. The molecule has 7 heteroatoms. The SMILES string of the molecule is O=C(N[C@@H](Cc1ccc2c(c1)OCCO2)CN1CCCC1)[C@@H]1CCN(C(=O)c2ccccc2)C1. The van der Waals surface area contributed by atoms with E-state index in [1.54, 1.807) is 4.90 Å². The summed E-state index contributed by atoms with van der Waals surface area (Å²) in [6.45, 7) is 5.21. The second-order valence-corrected chi connectivity index (χ2v) is 9.50. The van der Waals surface area contributed by atoms with Crippen molar-refractivity contribution in [1.82, 2.24) is 15.1 Å². The Bertz CT molecular complexity index is 1010. The minimum absolute atomic E-state index is 0.000736. The highest BCUT2D eigenvalue weighted by molar-refractivity contribution is 5.95. The first-order valence-corrected chi connectivity index (χ1v) is 12.4. The third kappa shape index (κ3) is 5.36. The first-order chi connectivity index (χ1) is 16.7. The van der Waals surface area contributed by atoms with Crippen LogP contribution in [0.5, 0.6) is 11.5 Å². The lowest BCUT2D eigenvalue weighted by Gasteiger charge is -2.26. The predicted molar refractivity (Wildman–Crippen MR) is 129 cm³/mol. The molecule has 2 fully saturated rings. The number of nitrogens with one attached hydrogen (secondary N) is 1. The van der Waals surface area contributed by atoms with Gasteiger partial charge in [-0.05, 0) is 68.6 Å². The van der Waals surface area contributed by atoms with E-state index in [9.17, 15) is 9.59 Å². The second-order valence-electron chi connectivity index (χ2n) is 9.50. The van der Waals surface area contributed by atoms with E-state index < -0.39 is 0 Å². The van der Waals surface area contributed by atoms with E-state index in [0.29, 0.717) is 38.3 Å². The Morgan fingerprint density at radius 2 is 1.74 bits per heavy atom. The number of fused-ring (bicyclic) bond motifs is 1. The summed E-state index contributed by atoms with van der Waals surface area (Å²) in [6, 6.07) is 15.4. The standard InChI is InChI=1S/C27H33N3O4/c31-26(22-10-13-30(18-22)27(32)21-6-2-1-3-7-21)28-23(19-29-11-4-5-12-29)16-20-8-9-24-25(17-20)34-15-14-33-24/h1-3,6-9,17,22-23H,4-5,10-16,18-19H2,(H,28,31)/t22-,23+/m1/s1. The maximum absolute atomic E-state index is 13.2. The number of carbonyl (C=O) groups excluding carboxylic acids is 2. The van der Waals surface area contributed by atoms with Crippen molar-refractivity contribution in [1.29, 1.82) is 0 Å². The van der Waals surface area contributed by atoms with Crippen LogP contribution in [0.25, 0.3) is 0 Å². The molecule has 0 unspecified atom stereocenters. The van der Waals surface area contributed by atoms with Gasteiger partial charge in [0.25, 0.3) is 5.91 Å². The zero-order valence-corrected chi connectivity index (χ0v) is 19.6. The molecule has 2 amide bonds. The normalized spacial score (nSPS) is 20.8. The first-order valence-electron chi connectivity index (χ1n) is 12.4. The number of benzene rings is 2. The van der Waals surface area contributed by atoms with Gasteiger partial charge in [-0.25, -0.2) is 0 Å². The molecule has 2 aromatic carbocycles. The van der Waals surface area contributed by atoms with Crippen molar-refractivity contribution in [2.24, 2.45) is 5.92 Å². The number of ether oxygens (including phenoxy) is 2. The molecule has 7 nitrogen and oxygen atoms in total. The molecule has 3 aliphatic heterocycles. The predicted octanol–water partition coefficient (Wildman–Crippen LogP) is 2.74. The number of rotatable bonds is 7. The first kappa shape index (κ1) is 22.7. The summed E-state index contributed by atoms with van der Waals surface area (Å²) in [6.07, 6.45) is 3.86. The highest BCUT2D eigenvalue weighted by Crippen LogP contribution is 2.31. The van der Waals surface area contributed by atoms with Gasteiger partial charge in [0.2, 0.25) is 5.91 Å². The van der Waals surface area contributed by atoms with Gasteiger partial charge in [-0.3, -0.25) is 9.59 Å².